The standard InChI is InChI=1S/C20H19NO3S/c1-3-24-20-13-10-16-6-4-5-7-18(16)19(20)14-21-25(22,23)17-11-8-15(2)9-12-17/h4-14H,3H2,1-2H3/b21-14-. The lowest BCUT2D eigenvalue weighted by molar-refractivity contribution is 0.340. The number of hydrogen-bond donors (Lipinski definition) is 0. The molecule has 25 heavy (non-hydrogen) atoms. The van der Waals surface area contributed by atoms with Crippen molar-refractivity contribution >= 4 is 27.0 Å². The molecule has 4 nitrogen and oxygen atoms in total. The number of benzene rings is 3. The molecule has 0 N–H and O–H groups in total. The predicted molar refractivity (Wildman–Crippen MR) is 101 cm³/mol. The number of aryl methyl sites for hydroxylation is 1. The third-order valence-corrected chi connectivity index (χ3v) is 5.12. The van der Waals surface area contributed by atoms with Gasteiger partial charge in [0.25, 0.3) is 10.0 Å². The van der Waals surface area contributed by atoms with Gasteiger partial charge in [-0.15, -0.1) is 0 Å². The quantitative estimate of drug-likeness (QED) is 0.641. The Morgan fingerprint density at radius 1 is 1.00 bits per heavy atom. The van der Waals surface area contributed by atoms with E-state index in [4.69, 9.17) is 4.74 Å². The third-order valence-electron chi connectivity index (χ3n) is 3.87. The number of rotatable bonds is 5. The molecule has 3 rings (SSSR count). The summed E-state index contributed by atoms with van der Waals surface area (Å²) in [5, 5.41) is 1.90. The van der Waals surface area contributed by atoms with Crippen molar-refractivity contribution in [3.63, 3.8) is 0 Å². The number of fused-ring (bicyclic) bond motifs is 1. The van der Waals surface area contributed by atoms with Gasteiger partial charge >= 0.3 is 0 Å². The largest absolute Gasteiger partial charge is 0.493 e. The van der Waals surface area contributed by atoms with E-state index in [1.807, 2.05) is 50.2 Å². The molecule has 0 atom stereocenters. The smallest absolute Gasteiger partial charge is 0.282 e. The molecule has 0 bridgehead atoms. The van der Waals surface area contributed by atoms with Crippen molar-refractivity contribution in [1.29, 1.82) is 0 Å². The SMILES string of the molecule is CCOc1ccc2ccccc2c1/C=N\S(=O)(=O)c1ccc(C)cc1. The molecule has 0 radical (unpaired) electrons. The second-order valence-corrected chi connectivity index (χ2v) is 7.29. The summed E-state index contributed by atoms with van der Waals surface area (Å²) < 4.78 is 34.5. The Kier molecular flexibility index (Phi) is 4.86. The number of nitrogens with zero attached hydrogens (tertiary/aromatic N) is 1. The molecule has 0 amide bonds. The highest BCUT2D eigenvalue weighted by molar-refractivity contribution is 7.90. The highest BCUT2D eigenvalue weighted by Gasteiger charge is 2.13. The fourth-order valence-corrected chi connectivity index (χ4v) is 3.43. The van der Waals surface area contributed by atoms with E-state index < -0.39 is 10.0 Å². The summed E-state index contributed by atoms with van der Waals surface area (Å²) in [6.07, 6.45) is 1.38. The highest BCUT2D eigenvalue weighted by atomic mass is 32.2. The zero-order chi connectivity index (χ0) is 17.9. The molecule has 128 valence electrons. The van der Waals surface area contributed by atoms with Crippen molar-refractivity contribution in [2.24, 2.45) is 4.40 Å². The van der Waals surface area contributed by atoms with Crippen LogP contribution in [-0.2, 0) is 10.0 Å². The van der Waals surface area contributed by atoms with Gasteiger partial charge in [-0.3, -0.25) is 0 Å². The van der Waals surface area contributed by atoms with Crippen LogP contribution in [0.15, 0.2) is 70.0 Å². The van der Waals surface area contributed by atoms with E-state index in [-0.39, 0.29) is 4.90 Å². The Morgan fingerprint density at radius 2 is 1.72 bits per heavy atom. The molecule has 0 unspecified atom stereocenters. The van der Waals surface area contributed by atoms with Crippen LogP contribution in [0.25, 0.3) is 10.8 Å². The first kappa shape index (κ1) is 17.2. The van der Waals surface area contributed by atoms with Gasteiger partial charge in [0, 0.05) is 5.56 Å². The second-order valence-electron chi connectivity index (χ2n) is 5.65. The van der Waals surface area contributed by atoms with Gasteiger partial charge in [0.2, 0.25) is 0 Å². The zero-order valence-electron chi connectivity index (χ0n) is 14.1. The van der Waals surface area contributed by atoms with Crippen LogP contribution >= 0.6 is 0 Å². The molecule has 0 saturated carbocycles. The van der Waals surface area contributed by atoms with Crippen LogP contribution in [0.2, 0.25) is 0 Å². The van der Waals surface area contributed by atoms with Crippen LogP contribution in [0.5, 0.6) is 5.75 Å². The van der Waals surface area contributed by atoms with Gasteiger partial charge < -0.3 is 4.74 Å². The van der Waals surface area contributed by atoms with E-state index in [2.05, 4.69) is 4.40 Å². The normalized spacial score (nSPS) is 11.9. The van der Waals surface area contributed by atoms with E-state index in [0.29, 0.717) is 17.9 Å². The second kappa shape index (κ2) is 7.07. The Hall–Kier alpha value is -2.66. The van der Waals surface area contributed by atoms with Gasteiger partial charge in [-0.25, -0.2) is 0 Å². The topological polar surface area (TPSA) is 55.7 Å². The molecule has 0 saturated heterocycles. The number of ether oxygens (including phenoxy) is 1. The summed E-state index contributed by atoms with van der Waals surface area (Å²) in [5.41, 5.74) is 1.66. The summed E-state index contributed by atoms with van der Waals surface area (Å²) in [6.45, 7) is 4.28. The van der Waals surface area contributed by atoms with Gasteiger partial charge in [-0.2, -0.15) is 12.8 Å². The Morgan fingerprint density at radius 3 is 2.44 bits per heavy atom. The first-order chi connectivity index (χ1) is 12.0. The monoisotopic (exact) mass is 353 g/mol. The third kappa shape index (κ3) is 3.72. The van der Waals surface area contributed by atoms with Crippen LogP contribution < -0.4 is 4.74 Å². The van der Waals surface area contributed by atoms with E-state index in [1.54, 1.807) is 24.3 Å². The molecule has 5 heteroatoms. The van der Waals surface area contributed by atoms with Gasteiger partial charge in [0.05, 0.1) is 17.7 Å². The summed E-state index contributed by atoms with van der Waals surface area (Å²) in [5.74, 6) is 0.615. The molecule has 0 fully saturated rings. The lowest BCUT2D eigenvalue weighted by Gasteiger charge is -2.10. The average molecular weight is 353 g/mol. The minimum atomic E-state index is -3.76. The molecule has 0 aliphatic heterocycles. The summed E-state index contributed by atoms with van der Waals surface area (Å²) in [7, 11) is -3.76. The number of hydrogen-bond acceptors (Lipinski definition) is 3. The lowest BCUT2D eigenvalue weighted by Crippen LogP contribution is -2.01. The number of sulfonamides is 1. The zero-order valence-corrected chi connectivity index (χ0v) is 15.0. The van der Waals surface area contributed by atoms with E-state index in [1.165, 1.54) is 6.21 Å². The van der Waals surface area contributed by atoms with Gasteiger partial charge in [0.15, 0.2) is 0 Å². The van der Waals surface area contributed by atoms with Crippen LogP contribution in [0.3, 0.4) is 0 Å². The van der Waals surface area contributed by atoms with Crippen LogP contribution in [0.4, 0.5) is 0 Å². The first-order valence-corrected chi connectivity index (χ1v) is 9.47. The molecule has 0 heterocycles. The predicted octanol–water partition coefficient (Wildman–Crippen LogP) is 4.35. The molecule has 0 aliphatic carbocycles. The van der Waals surface area contributed by atoms with Crippen molar-refractivity contribution in [3.8, 4) is 5.75 Å². The average Bonchev–Trinajstić information content (AvgIpc) is 2.61. The maximum atomic E-state index is 12.5. The van der Waals surface area contributed by atoms with Crippen molar-refractivity contribution in [1.82, 2.24) is 0 Å². The molecule has 3 aromatic carbocycles. The van der Waals surface area contributed by atoms with Gasteiger partial charge in [-0.1, -0.05) is 48.0 Å². The Bertz CT molecular complexity index is 1020. The lowest BCUT2D eigenvalue weighted by atomic mass is 10.0. The van der Waals surface area contributed by atoms with Crippen LogP contribution in [-0.4, -0.2) is 21.2 Å². The summed E-state index contributed by atoms with van der Waals surface area (Å²) in [4.78, 5) is 0.174. The Balaban J connectivity index is 2.08. The first-order valence-electron chi connectivity index (χ1n) is 8.03. The molecular formula is C20H19NO3S. The summed E-state index contributed by atoms with van der Waals surface area (Å²) in [6, 6.07) is 18.2. The molecule has 0 spiro atoms. The van der Waals surface area contributed by atoms with Crippen LogP contribution in [0, 0.1) is 6.92 Å². The molecule has 0 aromatic heterocycles. The molecular weight excluding hydrogens is 334 g/mol. The molecule has 3 aromatic rings. The summed E-state index contributed by atoms with van der Waals surface area (Å²) >= 11 is 0. The van der Waals surface area contributed by atoms with E-state index in [0.717, 1.165) is 16.3 Å². The van der Waals surface area contributed by atoms with Gasteiger partial charge in [-0.05, 0) is 42.8 Å². The van der Waals surface area contributed by atoms with Crippen molar-refractivity contribution < 1.29 is 13.2 Å². The van der Waals surface area contributed by atoms with Crippen LogP contribution in [0.1, 0.15) is 18.1 Å². The highest BCUT2D eigenvalue weighted by Crippen LogP contribution is 2.27. The minimum absolute atomic E-state index is 0.174. The maximum Gasteiger partial charge on any atom is 0.282 e. The maximum absolute atomic E-state index is 12.5. The van der Waals surface area contributed by atoms with E-state index in [9.17, 15) is 8.42 Å². The van der Waals surface area contributed by atoms with Crippen molar-refractivity contribution in [3.05, 3.63) is 71.8 Å². The Labute approximate surface area is 147 Å². The fourth-order valence-electron chi connectivity index (χ4n) is 2.58. The van der Waals surface area contributed by atoms with Gasteiger partial charge in [0.1, 0.15) is 5.75 Å². The van der Waals surface area contributed by atoms with E-state index >= 15 is 0 Å². The van der Waals surface area contributed by atoms with Crippen molar-refractivity contribution in [2.45, 2.75) is 18.7 Å². The fraction of sp³-hybridized carbons (Fsp3) is 0.150. The van der Waals surface area contributed by atoms with Crippen molar-refractivity contribution in [2.75, 3.05) is 6.61 Å². The minimum Gasteiger partial charge on any atom is -0.493 e. The molecule has 0 aliphatic rings.